The Morgan fingerprint density at radius 1 is 1.50 bits per heavy atom. The van der Waals surface area contributed by atoms with Gasteiger partial charge in [0.2, 0.25) is 0 Å². The Kier molecular flexibility index (Phi) is 5.64. The fraction of sp³-hybridized carbons (Fsp3) is 0.750. The SMILES string of the molecule is CCOC[C@H](O)CN1CC[C@H](C)C[C@H]1c1ccc(C)o1. The Morgan fingerprint density at radius 2 is 2.30 bits per heavy atom. The van der Waals surface area contributed by atoms with E-state index in [1.165, 1.54) is 6.42 Å². The van der Waals surface area contributed by atoms with Crippen LogP contribution in [0.15, 0.2) is 16.5 Å². The largest absolute Gasteiger partial charge is 0.465 e. The molecule has 1 aromatic heterocycles. The first-order chi connectivity index (χ1) is 9.60. The molecule has 0 spiro atoms. The van der Waals surface area contributed by atoms with Crippen LogP contribution in [0.3, 0.4) is 0 Å². The fourth-order valence-corrected chi connectivity index (χ4v) is 2.91. The van der Waals surface area contributed by atoms with Gasteiger partial charge in [-0.25, -0.2) is 0 Å². The summed E-state index contributed by atoms with van der Waals surface area (Å²) in [6.45, 7) is 8.93. The molecule has 1 N–H and O–H groups in total. The van der Waals surface area contributed by atoms with Crippen molar-refractivity contribution < 1.29 is 14.3 Å². The number of hydrogen-bond donors (Lipinski definition) is 1. The van der Waals surface area contributed by atoms with Gasteiger partial charge < -0.3 is 14.3 Å². The standard InChI is InChI=1S/C16H27NO3/c1-4-19-11-14(18)10-17-8-7-12(2)9-15(17)16-6-5-13(3)20-16/h5-6,12,14-15,18H,4,7-11H2,1-3H3/t12-,14+,15-/m0/s1. The smallest absolute Gasteiger partial charge is 0.121 e. The number of hydrogen-bond acceptors (Lipinski definition) is 4. The van der Waals surface area contributed by atoms with E-state index in [2.05, 4.69) is 17.9 Å². The first-order valence-corrected chi connectivity index (χ1v) is 7.66. The predicted molar refractivity (Wildman–Crippen MR) is 78.7 cm³/mol. The molecule has 0 aliphatic carbocycles. The summed E-state index contributed by atoms with van der Waals surface area (Å²) in [4.78, 5) is 2.34. The minimum absolute atomic E-state index is 0.281. The van der Waals surface area contributed by atoms with Crippen molar-refractivity contribution in [3.63, 3.8) is 0 Å². The zero-order valence-electron chi connectivity index (χ0n) is 12.8. The molecule has 0 amide bonds. The lowest BCUT2D eigenvalue weighted by Crippen LogP contribution is -2.42. The highest BCUT2D eigenvalue weighted by Gasteiger charge is 2.30. The van der Waals surface area contributed by atoms with Gasteiger partial charge in [0.1, 0.15) is 11.5 Å². The van der Waals surface area contributed by atoms with Crippen LogP contribution >= 0.6 is 0 Å². The van der Waals surface area contributed by atoms with Crippen LogP contribution in [0.5, 0.6) is 0 Å². The summed E-state index contributed by atoms with van der Waals surface area (Å²) in [5.41, 5.74) is 0. The highest BCUT2D eigenvalue weighted by Crippen LogP contribution is 2.34. The van der Waals surface area contributed by atoms with Crippen molar-refractivity contribution >= 4 is 0 Å². The lowest BCUT2D eigenvalue weighted by Gasteiger charge is -2.38. The number of aliphatic hydroxyl groups excluding tert-OH is 1. The number of β-amino-alcohol motifs (C(OH)–C–C–N with tert-alkyl or cyclic N) is 1. The van der Waals surface area contributed by atoms with Gasteiger partial charge in [-0.2, -0.15) is 0 Å². The van der Waals surface area contributed by atoms with Crippen molar-refractivity contribution in [1.82, 2.24) is 4.90 Å². The Morgan fingerprint density at radius 3 is 2.95 bits per heavy atom. The van der Waals surface area contributed by atoms with Gasteiger partial charge in [0, 0.05) is 13.2 Å². The summed E-state index contributed by atoms with van der Waals surface area (Å²) in [5, 5.41) is 10.1. The molecule has 0 aromatic carbocycles. The number of aliphatic hydroxyl groups is 1. The second-order valence-electron chi connectivity index (χ2n) is 5.90. The van der Waals surface area contributed by atoms with Gasteiger partial charge in [-0.3, -0.25) is 4.90 Å². The molecular weight excluding hydrogens is 254 g/mol. The van der Waals surface area contributed by atoms with Crippen molar-refractivity contribution in [3.8, 4) is 0 Å². The molecule has 3 atom stereocenters. The van der Waals surface area contributed by atoms with E-state index in [0.29, 0.717) is 25.7 Å². The summed E-state index contributed by atoms with van der Waals surface area (Å²) in [7, 11) is 0. The monoisotopic (exact) mass is 281 g/mol. The van der Waals surface area contributed by atoms with Gasteiger partial charge in [0.25, 0.3) is 0 Å². The maximum absolute atomic E-state index is 10.1. The van der Waals surface area contributed by atoms with Crippen LogP contribution in [0.4, 0.5) is 0 Å². The third-order valence-electron chi connectivity index (χ3n) is 4.02. The maximum atomic E-state index is 10.1. The van der Waals surface area contributed by atoms with Gasteiger partial charge in [-0.15, -0.1) is 0 Å². The zero-order valence-corrected chi connectivity index (χ0v) is 12.8. The van der Waals surface area contributed by atoms with Crippen LogP contribution in [-0.4, -0.2) is 42.4 Å². The predicted octanol–water partition coefficient (Wildman–Crippen LogP) is 2.76. The Labute approximate surface area is 121 Å². The van der Waals surface area contributed by atoms with E-state index >= 15 is 0 Å². The minimum Gasteiger partial charge on any atom is -0.465 e. The molecule has 4 nitrogen and oxygen atoms in total. The molecular formula is C16H27NO3. The van der Waals surface area contributed by atoms with Gasteiger partial charge >= 0.3 is 0 Å². The molecule has 1 aromatic rings. The molecule has 0 bridgehead atoms. The summed E-state index contributed by atoms with van der Waals surface area (Å²) in [6.07, 6.45) is 1.84. The van der Waals surface area contributed by atoms with E-state index in [0.717, 1.165) is 24.5 Å². The molecule has 1 aliphatic rings. The molecule has 20 heavy (non-hydrogen) atoms. The Hall–Kier alpha value is -0.840. The molecule has 4 heteroatoms. The molecule has 0 unspecified atom stereocenters. The second kappa shape index (κ2) is 7.25. The topological polar surface area (TPSA) is 45.8 Å². The van der Waals surface area contributed by atoms with Crippen LogP contribution in [0, 0.1) is 12.8 Å². The van der Waals surface area contributed by atoms with E-state index in [1.807, 2.05) is 19.9 Å². The number of nitrogens with zero attached hydrogens (tertiary/aromatic N) is 1. The van der Waals surface area contributed by atoms with Crippen LogP contribution in [-0.2, 0) is 4.74 Å². The quantitative estimate of drug-likeness (QED) is 0.871. The van der Waals surface area contributed by atoms with E-state index in [4.69, 9.17) is 9.15 Å². The summed E-state index contributed by atoms with van der Waals surface area (Å²) in [5.74, 6) is 2.68. The van der Waals surface area contributed by atoms with Crippen molar-refractivity contribution in [2.75, 3.05) is 26.3 Å². The van der Waals surface area contributed by atoms with Gasteiger partial charge in [-0.05, 0) is 51.3 Å². The highest BCUT2D eigenvalue weighted by atomic mass is 16.5. The molecule has 0 saturated carbocycles. The number of likely N-dealkylation sites (tertiary alicyclic amines) is 1. The lowest BCUT2D eigenvalue weighted by atomic mass is 9.91. The average molecular weight is 281 g/mol. The second-order valence-corrected chi connectivity index (χ2v) is 5.90. The van der Waals surface area contributed by atoms with Crippen LogP contribution < -0.4 is 0 Å². The van der Waals surface area contributed by atoms with Crippen LogP contribution in [0.25, 0.3) is 0 Å². The molecule has 1 aliphatic heterocycles. The third kappa shape index (κ3) is 4.08. The van der Waals surface area contributed by atoms with E-state index in [1.54, 1.807) is 0 Å². The molecule has 1 saturated heterocycles. The Balaban J connectivity index is 2.00. The molecule has 1 fully saturated rings. The number of rotatable bonds is 6. The van der Waals surface area contributed by atoms with Crippen molar-refractivity contribution in [2.24, 2.45) is 5.92 Å². The van der Waals surface area contributed by atoms with Crippen LogP contribution in [0.1, 0.15) is 44.3 Å². The first-order valence-electron chi connectivity index (χ1n) is 7.66. The lowest BCUT2D eigenvalue weighted by molar-refractivity contribution is -0.00326. The fourth-order valence-electron chi connectivity index (χ4n) is 2.91. The third-order valence-corrected chi connectivity index (χ3v) is 4.02. The number of piperidine rings is 1. The van der Waals surface area contributed by atoms with Gasteiger partial charge in [0.05, 0.1) is 18.8 Å². The minimum atomic E-state index is -0.429. The van der Waals surface area contributed by atoms with E-state index in [-0.39, 0.29) is 6.04 Å². The van der Waals surface area contributed by atoms with Gasteiger partial charge in [0.15, 0.2) is 0 Å². The summed E-state index contributed by atoms with van der Waals surface area (Å²) in [6, 6.07) is 4.37. The summed E-state index contributed by atoms with van der Waals surface area (Å²) >= 11 is 0. The molecule has 2 heterocycles. The van der Waals surface area contributed by atoms with E-state index < -0.39 is 6.10 Å². The number of aryl methyl sites for hydroxylation is 1. The zero-order chi connectivity index (χ0) is 14.5. The van der Waals surface area contributed by atoms with Crippen molar-refractivity contribution in [1.29, 1.82) is 0 Å². The van der Waals surface area contributed by atoms with Crippen molar-refractivity contribution in [3.05, 3.63) is 23.7 Å². The number of furan rings is 1. The maximum Gasteiger partial charge on any atom is 0.121 e. The molecule has 0 radical (unpaired) electrons. The molecule has 2 rings (SSSR count). The normalized spacial score (nSPS) is 25.8. The number of ether oxygens (including phenoxy) is 1. The summed E-state index contributed by atoms with van der Waals surface area (Å²) < 4.78 is 11.1. The van der Waals surface area contributed by atoms with Crippen LogP contribution in [0.2, 0.25) is 0 Å². The van der Waals surface area contributed by atoms with Crippen molar-refractivity contribution in [2.45, 2.75) is 45.8 Å². The molecule has 114 valence electrons. The highest BCUT2D eigenvalue weighted by molar-refractivity contribution is 5.11. The Bertz CT molecular complexity index is 404. The van der Waals surface area contributed by atoms with E-state index in [9.17, 15) is 5.11 Å². The van der Waals surface area contributed by atoms with Gasteiger partial charge in [-0.1, -0.05) is 6.92 Å². The average Bonchev–Trinajstić information content (AvgIpc) is 2.85. The first kappa shape index (κ1) is 15.5.